The SMILES string of the molecule is O=C(O)CC(F)C(F)(F)C(F)(F)C(F)(F)C(F)(F)C(F)(F)C(F)(F)F. The van der Waals surface area contributed by atoms with Gasteiger partial charge in [0.2, 0.25) is 0 Å². The molecule has 1 N–H and O–H groups in total. The number of hydrogen-bond acceptors (Lipinski definition) is 1. The molecule has 0 aliphatic heterocycles. The number of hydrogen-bond donors (Lipinski definition) is 1. The van der Waals surface area contributed by atoms with Gasteiger partial charge < -0.3 is 5.11 Å². The standard InChI is InChI=1S/C9H4F14O2/c10-2(1-3(24)25)4(11,12)5(13,14)6(15,16)7(17,18)8(19,20)9(21,22)23/h2H,1H2,(H,24,25). The van der Waals surface area contributed by atoms with E-state index in [0.717, 1.165) is 0 Å². The molecule has 0 aliphatic rings. The number of carboxylic acids is 1. The van der Waals surface area contributed by atoms with Gasteiger partial charge in [-0.15, -0.1) is 0 Å². The zero-order valence-electron chi connectivity index (χ0n) is 10.9. The summed E-state index contributed by atoms with van der Waals surface area (Å²) in [5.74, 6) is -41.7. The number of carbonyl (C=O) groups is 1. The van der Waals surface area contributed by atoms with E-state index in [-0.39, 0.29) is 0 Å². The van der Waals surface area contributed by atoms with Gasteiger partial charge in [0.1, 0.15) is 0 Å². The van der Waals surface area contributed by atoms with E-state index in [1.165, 1.54) is 0 Å². The van der Waals surface area contributed by atoms with Crippen LogP contribution in [0.25, 0.3) is 0 Å². The molecule has 0 fully saturated rings. The molecule has 0 spiro atoms. The van der Waals surface area contributed by atoms with Crippen molar-refractivity contribution in [1.29, 1.82) is 0 Å². The van der Waals surface area contributed by atoms with Gasteiger partial charge in [-0.2, -0.15) is 57.1 Å². The molecule has 0 radical (unpaired) electrons. The smallest absolute Gasteiger partial charge is 0.460 e. The predicted octanol–water partition coefficient (Wildman–Crippen LogP) is 4.54. The zero-order valence-corrected chi connectivity index (χ0v) is 10.9. The molecule has 0 saturated heterocycles. The first kappa shape index (κ1) is 23.5. The second kappa shape index (κ2) is 6.03. The largest absolute Gasteiger partial charge is 0.481 e. The minimum Gasteiger partial charge on any atom is -0.481 e. The van der Waals surface area contributed by atoms with Crippen molar-refractivity contribution in [3.63, 3.8) is 0 Å². The third-order valence-corrected chi connectivity index (χ3v) is 2.70. The Morgan fingerprint density at radius 2 is 1.00 bits per heavy atom. The second-order valence-electron chi connectivity index (χ2n) is 4.48. The summed E-state index contributed by atoms with van der Waals surface area (Å²) in [6.45, 7) is 0. The van der Waals surface area contributed by atoms with Gasteiger partial charge in [0.05, 0.1) is 6.42 Å². The Labute approximate surface area is 127 Å². The summed E-state index contributed by atoms with van der Waals surface area (Å²) < 4.78 is 176. The van der Waals surface area contributed by atoms with E-state index in [4.69, 9.17) is 5.11 Å². The Hall–Kier alpha value is -1.51. The molecule has 0 bridgehead atoms. The van der Waals surface area contributed by atoms with E-state index in [9.17, 15) is 66.3 Å². The van der Waals surface area contributed by atoms with Crippen LogP contribution in [0.15, 0.2) is 0 Å². The van der Waals surface area contributed by atoms with Crippen LogP contribution in [-0.2, 0) is 4.79 Å². The summed E-state index contributed by atoms with van der Waals surface area (Å²) in [6.07, 6.45) is -15.1. The lowest BCUT2D eigenvalue weighted by molar-refractivity contribution is -0.442. The highest BCUT2D eigenvalue weighted by molar-refractivity contribution is 5.67. The Morgan fingerprint density at radius 1 is 0.680 bits per heavy atom. The fourth-order valence-electron chi connectivity index (χ4n) is 1.26. The second-order valence-corrected chi connectivity index (χ2v) is 4.48. The van der Waals surface area contributed by atoms with E-state index in [1.807, 2.05) is 0 Å². The van der Waals surface area contributed by atoms with Crippen LogP contribution in [0.1, 0.15) is 6.42 Å². The molecular formula is C9H4F14O2. The van der Waals surface area contributed by atoms with Gasteiger partial charge in [-0.05, 0) is 0 Å². The maximum Gasteiger partial charge on any atom is 0.460 e. The first-order valence-corrected chi connectivity index (χ1v) is 5.40. The summed E-state index contributed by atoms with van der Waals surface area (Å²) in [7, 11) is 0. The minimum absolute atomic E-state index is 2.65. The molecule has 1 atom stereocenters. The number of aliphatic carboxylic acids is 1. The van der Waals surface area contributed by atoms with Crippen LogP contribution in [-0.4, -0.2) is 53.0 Å². The quantitative estimate of drug-likeness (QED) is 0.626. The summed E-state index contributed by atoms with van der Waals surface area (Å²) in [5.41, 5.74) is 0. The van der Waals surface area contributed by atoms with E-state index >= 15 is 0 Å². The van der Waals surface area contributed by atoms with Crippen molar-refractivity contribution in [2.24, 2.45) is 0 Å². The lowest BCUT2D eigenvalue weighted by Crippen LogP contribution is -2.71. The van der Waals surface area contributed by atoms with Crippen LogP contribution in [0.5, 0.6) is 0 Å². The summed E-state index contributed by atoms with van der Waals surface area (Å²) in [6, 6.07) is 0. The van der Waals surface area contributed by atoms with Crippen molar-refractivity contribution < 1.29 is 71.4 Å². The van der Waals surface area contributed by atoms with E-state index in [0.29, 0.717) is 0 Å². The summed E-state index contributed by atoms with van der Waals surface area (Å²) in [5, 5.41) is 7.89. The molecule has 0 aromatic heterocycles. The summed E-state index contributed by atoms with van der Waals surface area (Å²) >= 11 is 0. The molecule has 2 nitrogen and oxygen atoms in total. The van der Waals surface area contributed by atoms with Crippen molar-refractivity contribution in [3.05, 3.63) is 0 Å². The normalized spacial score (nSPS) is 16.7. The lowest BCUT2D eigenvalue weighted by atomic mass is 9.91. The maximum atomic E-state index is 13.0. The van der Waals surface area contributed by atoms with E-state index in [1.54, 1.807) is 0 Å². The first-order valence-electron chi connectivity index (χ1n) is 5.40. The number of alkyl halides is 14. The summed E-state index contributed by atoms with van der Waals surface area (Å²) in [4.78, 5) is 9.90. The molecule has 1 unspecified atom stereocenters. The van der Waals surface area contributed by atoms with E-state index < -0.39 is 54.4 Å². The van der Waals surface area contributed by atoms with Gasteiger partial charge in [0.25, 0.3) is 0 Å². The van der Waals surface area contributed by atoms with Gasteiger partial charge in [0.15, 0.2) is 6.17 Å². The van der Waals surface area contributed by atoms with Crippen molar-refractivity contribution in [2.75, 3.05) is 0 Å². The molecule has 0 aromatic carbocycles. The Bertz CT molecular complexity index is 507. The van der Waals surface area contributed by atoms with Crippen molar-refractivity contribution in [2.45, 2.75) is 48.4 Å². The van der Waals surface area contributed by atoms with Crippen molar-refractivity contribution in [3.8, 4) is 0 Å². The molecular weight excluding hydrogens is 406 g/mol. The predicted molar refractivity (Wildman–Crippen MR) is 47.9 cm³/mol. The van der Waals surface area contributed by atoms with Crippen molar-refractivity contribution >= 4 is 5.97 Å². The fraction of sp³-hybridized carbons (Fsp3) is 0.889. The molecule has 0 heterocycles. The molecule has 0 amide bonds. The Kier molecular flexibility index (Phi) is 5.67. The Morgan fingerprint density at radius 3 is 1.28 bits per heavy atom. The molecule has 150 valence electrons. The molecule has 0 aliphatic carbocycles. The van der Waals surface area contributed by atoms with Gasteiger partial charge in [0, 0.05) is 0 Å². The molecule has 25 heavy (non-hydrogen) atoms. The van der Waals surface area contributed by atoms with Crippen LogP contribution in [0, 0.1) is 0 Å². The molecule has 0 aromatic rings. The van der Waals surface area contributed by atoms with Gasteiger partial charge in [-0.3, -0.25) is 4.79 Å². The molecule has 16 heteroatoms. The number of carboxylic acid groups (broad SMARTS) is 1. The van der Waals surface area contributed by atoms with Gasteiger partial charge in [-0.1, -0.05) is 0 Å². The maximum absolute atomic E-state index is 13.0. The zero-order chi connectivity index (χ0) is 20.9. The highest BCUT2D eigenvalue weighted by Gasteiger charge is 2.91. The van der Waals surface area contributed by atoms with Crippen LogP contribution in [0.4, 0.5) is 61.5 Å². The highest BCUT2D eigenvalue weighted by Crippen LogP contribution is 2.60. The number of rotatable bonds is 7. The molecule has 0 rings (SSSR count). The fourth-order valence-corrected chi connectivity index (χ4v) is 1.26. The third-order valence-electron chi connectivity index (χ3n) is 2.70. The van der Waals surface area contributed by atoms with Gasteiger partial charge in [-0.25, -0.2) is 4.39 Å². The van der Waals surface area contributed by atoms with Crippen molar-refractivity contribution in [1.82, 2.24) is 0 Å². The minimum atomic E-state index is -8.14. The Balaban J connectivity index is 6.25. The number of halogens is 14. The molecule has 0 saturated carbocycles. The third kappa shape index (κ3) is 3.30. The van der Waals surface area contributed by atoms with Crippen LogP contribution < -0.4 is 0 Å². The highest BCUT2D eigenvalue weighted by atomic mass is 19.4. The average molecular weight is 410 g/mol. The average Bonchev–Trinajstić information content (AvgIpc) is 2.35. The first-order chi connectivity index (χ1) is 10.6. The van der Waals surface area contributed by atoms with Crippen LogP contribution >= 0.6 is 0 Å². The van der Waals surface area contributed by atoms with Gasteiger partial charge >= 0.3 is 41.8 Å². The monoisotopic (exact) mass is 410 g/mol. The van der Waals surface area contributed by atoms with E-state index in [2.05, 4.69) is 0 Å². The van der Waals surface area contributed by atoms with Crippen LogP contribution in [0.2, 0.25) is 0 Å². The topological polar surface area (TPSA) is 37.3 Å². The van der Waals surface area contributed by atoms with Crippen LogP contribution in [0.3, 0.4) is 0 Å². The lowest BCUT2D eigenvalue weighted by Gasteiger charge is -2.40.